The first-order valence-corrected chi connectivity index (χ1v) is 7.32. The molecule has 1 aromatic rings. The van der Waals surface area contributed by atoms with Gasteiger partial charge in [-0.2, -0.15) is 0 Å². The predicted octanol–water partition coefficient (Wildman–Crippen LogP) is 1.21. The van der Waals surface area contributed by atoms with E-state index in [0.717, 1.165) is 10.6 Å². The third-order valence-corrected chi connectivity index (χ3v) is 3.66. The Morgan fingerprint density at radius 2 is 2.05 bits per heavy atom. The first-order chi connectivity index (χ1) is 9.67. The molecule has 1 atom stereocenters. The van der Waals surface area contributed by atoms with Gasteiger partial charge in [0, 0.05) is 11.3 Å². The van der Waals surface area contributed by atoms with Crippen molar-refractivity contribution in [3.63, 3.8) is 0 Å². The van der Waals surface area contributed by atoms with Crippen LogP contribution in [0, 0.1) is 0 Å². The molecule has 20 heavy (non-hydrogen) atoms. The Labute approximate surface area is 122 Å². The number of hydrogen-bond donors (Lipinski definition) is 2. The first kappa shape index (κ1) is 16.5. The van der Waals surface area contributed by atoms with Gasteiger partial charge in [-0.3, -0.25) is 4.79 Å². The molecular weight excluding hydrogens is 278 g/mol. The normalized spacial score (nSPS) is 11.7. The molecule has 5 nitrogen and oxygen atoms in total. The van der Waals surface area contributed by atoms with Gasteiger partial charge in [-0.15, -0.1) is 11.8 Å². The number of rotatable bonds is 8. The predicted molar refractivity (Wildman–Crippen MR) is 77.4 cm³/mol. The second kappa shape index (κ2) is 9.39. The lowest BCUT2D eigenvalue weighted by Crippen LogP contribution is -2.43. The summed E-state index contributed by atoms with van der Waals surface area (Å²) in [4.78, 5) is 24.0. The van der Waals surface area contributed by atoms with Crippen LogP contribution in [0.4, 0.5) is 0 Å². The topological polar surface area (TPSA) is 75.6 Å². The van der Waals surface area contributed by atoms with E-state index >= 15 is 0 Å². The minimum atomic E-state index is -0.978. The quantitative estimate of drug-likeness (QED) is 0.428. The van der Waals surface area contributed by atoms with E-state index in [2.05, 4.69) is 10.1 Å². The molecule has 0 fully saturated rings. The minimum Gasteiger partial charge on any atom is -0.467 e. The molecule has 0 aliphatic carbocycles. The Morgan fingerprint density at radius 1 is 1.35 bits per heavy atom. The van der Waals surface area contributed by atoms with Crippen LogP contribution in [0.25, 0.3) is 0 Å². The summed E-state index contributed by atoms with van der Waals surface area (Å²) in [5, 5.41) is 11.4. The molecule has 0 aliphatic heterocycles. The molecule has 2 N–H and O–H groups in total. The number of aliphatic hydroxyl groups is 1. The average Bonchev–Trinajstić information content (AvgIpc) is 2.49. The van der Waals surface area contributed by atoms with Gasteiger partial charge in [0.2, 0.25) is 5.91 Å². The fourth-order valence-corrected chi connectivity index (χ4v) is 2.40. The highest BCUT2D eigenvalue weighted by molar-refractivity contribution is 7.99. The number of carbonyl (C=O) groups excluding carboxylic acids is 2. The summed E-state index contributed by atoms with van der Waals surface area (Å²) in [6.45, 7) is -0.461. The van der Waals surface area contributed by atoms with Crippen LogP contribution < -0.4 is 5.32 Å². The maximum atomic E-state index is 11.6. The molecule has 0 heterocycles. The van der Waals surface area contributed by atoms with Crippen LogP contribution in [0.1, 0.15) is 12.8 Å². The maximum Gasteiger partial charge on any atom is 0.330 e. The van der Waals surface area contributed by atoms with Crippen molar-refractivity contribution >= 4 is 23.6 Å². The number of methoxy groups -OCH3 is 1. The highest BCUT2D eigenvalue weighted by Gasteiger charge is 2.19. The number of nitrogens with one attached hydrogen (secondary N) is 1. The van der Waals surface area contributed by atoms with Crippen LogP contribution in [0.3, 0.4) is 0 Å². The van der Waals surface area contributed by atoms with Gasteiger partial charge in [-0.05, 0) is 24.3 Å². The zero-order valence-electron chi connectivity index (χ0n) is 11.4. The summed E-state index contributed by atoms with van der Waals surface area (Å²) >= 11 is 1.68. The maximum absolute atomic E-state index is 11.6. The first-order valence-electron chi connectivity index (χ1n) is 6.33. The third-order valence-electron chi connectivity index (χ3n) is 2.56. The highest BCUT2D eigenvalue weighted by Crippen LogP contribution is 2.18. The van der Waals surface area contributed by atoms with E-state index in [1.54, 1.807) is 11.8 Å². The van der Waals surface area contributed by atoms with Gasteiger partial charge in [-0.1, -0.05) is 18.2 Å². The zero-order valence-corrected chi connectivity index (χ0v) is 12.2. The average molecular weight is 297 g/mol. The van der Waals surface area contributed by atoms with E-state index in [4.69, 9.17) is 5.11 Å². The van der Waals surface area contributed by atoms with Crippen LogP contribution in [0.5, 0.6) is 0 Å². The second-order valence-corrected chi connectivity index (χ2v) is 5.26. The molecule has 0 aliphatic rings. The third kappa shape index (κ3) is 6.08. The molecule has 6 heteroatoms. The number of carbonyl (C=O) groups is 2. The van der Waals surface area contributed by atoms with Gasteiger partial charge in [0.1, 0.15) is 0 Å². The highest BCUT2D eigenvalue weighted by atomic mass is 32.2. The second-order valence-electron chi connectivity index (χ2n) is 4.09. The molecule has 1 unspecified atom stereocenters. The summed E-state index contributed by atoms with van der Waals surface area (Å²) in [6, 6.07) is 8.95. The molecule has 1 rings (SSSR count). The van der Waals surface area contributed by atoms with E-state index in [1.165, 1.54) is 7.11 Å². The van der Waals surface area contributed by atoms with Crippen LogP contribution in [-0.4, -0.2) is 42.5 Å². The van der Waals surface area contributed by atoms with E-state index in [9.17, 15) is 9.59 Å². The Morgan fingerprint density at radius 3 is 2.65 bits per heavy atom. The van der Waals surface area contributed by atoms with Gasteiger partial charge in [0.05, 0.1) is 13.7 Å². The summed E-state index contributed by atoms with van der Waals surface area (Å²) < 4.78 is 4.47. The number of esters is 1. The van der Waals surface area contributed by atoms with Gasteiger partial charge in [0.25, 0.3) is 0 Å². The molecule has 0 radical (unpaired) electrons. The number of ether oxygens (including phenoxy) is 1. The Hall–Kier alpha value is -1.53. The lowest BCUT2D eigenvalue weighted by Gasteiger charge is -2.13. The number of amides is 1. The van der Waals surface area contributed by atoms with Crippen molar-refractivity contribution < 1.29 is 19.4 Å². The number of hydrogen-bond acceptors (Lipinski definition) is 5. The lowest BCUT2D eigenvalue weighted by atomic mass is 10.2. The molecule has 0 spiro atoms. The van der Waals surface area contributed by atoms with Gasteiger partial charge in [-0.25, -0.2) is 4.79 Å². The van der Waals surface area contributed by atoms with E-state index in [-0.39, 0.29) is 5.91 Å². The molecule has 0 aromatic heterocycles. The fourth-order valence-electron chi connectivity index (χ4n) is 1.53. The smallest absolute Gasteiger partial charge is 0.330 e. The van der Waals surface area contributed by atoms with Crippen molar-refractivity contribution in [1.82, 2.24) is 5.32 Å². The molecular formula is C14H19NO4S. The summed E-state index contributed by atoms with van der Waals surface area (Å²) in [6.07, 6.45) is 1.01. The number of thioether (sulfide) groups is 1. The number of benzene rings is 1. The van der Waals surface area contributed by atoms with Crippen LogP contribution in [0.2, 0.25) is 0 Å². The van der Waals surface area contributed by atoms with E-state index in [1.807, 2.05) is 30.3 Å². The monoisotopic (exact) mass is 297 g/mol. The van der Waals surface area contributed by atoms with Crippen LogP contribution in [0.15, 0.2) is 35.2 Å². The largest absolute Gasteiger partial charge is 0.467 e. The molecule has 1 amide bonds. The molecule has 0 bridgehead atoms. The van der Waals surface area contributed by atoms with Gasteiger partial charge < -0.3 is 15.2 Å². The molecule has 0 saturated heterocycles. The van der Waals surface area contributed by atoms with Gasteiger partial charge >= 0.3 is 5.97 Å². The van der Waals surface area contributed by atoms with E-state index in [0.29, 0.717) is 12.8 Å². The van der Waals surface area contributed by atoms with Gasteiger partial charge in [0.15, 0.2) is 6.04 Å². The van der Waals surface area contributed by atoms with Crippen molar-refractivity contribution in [2.75, 3.05) is 19.5 Å². The van der Waals surface area contributed by atoms with Crippen LogP contribution in [-0.2, 0) is 14.3 Å². The molecule has 0 saturated carbocycles. The minimum absolute atomic E-state index is 0.261. The van der Waals surface area contributed by atoms with E-state index < -0.39 is 18.6 Å². The zero-order chi connectivity index (χ0) is 14.8. The standard InChI is InChI=1S/C14H19NO4S/c1-19-14(18)12(10-16)15-13(17)8-5-9-20-11-6-3-2-4-7-11/h2-4,6-7,12,16H,5,8-10H2,1H3,(H,15,17). The Balaban J connectivity index is 2.21. The molecule has 1 aromatic carbocycles. The molecule has 110 valence electrons. The lowest BCUT2D eigenvalue weighted by molar-refractivity contribution is -0.146. The summed E-state index contributed by atoms with van der Waals surface area (Å²) in [5.74, 6) is -0.0815. The Kier molecular flexibility index (Phi) is 7.75. The summed E-state index contributed by atoms with van der Waals surface area (Å²) in [7, 11) is 1.22. The van der Waals surface area contributed by atoms with Crippen molar-refractivity contribution in [2.24, 2.45) is 0 Å². The van der Waals surface area contributed by atoms with Crippen molar-refractivity contribution in [3.05, 3.63) is 30.3 Å². The van der Waals surface area contributed by atoms with Crippen molar-refractivity contribution in [3.8, 4) is 0 Å². The fraction of sp³-hybridized carbons (Fsp3) is 0.429. The van der Waals surface area contributed by atoms with Crippen molar-refractivity contribution in [2.45, 2.75) is 23.8 Å². The SMILES string of the molecule is COC(=O)C(CO)NC(=O)CCCSc1ccccc1. The Bertz CT molecular complexity index is 424. The number of aliphatic hydroxyl groups excluding tert-OH is 1. The van der Waals surface area contributed by atoms with Crippen molar-refractivity contribution in [1.29, 1.82) is 0 Å². The van der Waals surface area contributed by atoms with Crippen LogP contribution >= 0.6 is 11.8 Å². The summed E-state index contributed by atoms with van der Waals surface area (Å²) in [5.41, 5.74) is 0.